The first-order valence-electron chi connectivity index (χ1n) is 12.2. The SMILES string of the molecule is CCOCCn1nc(CCCc2ccc(OC(C)(C)C(=O)OC)cc2)nc1Cc1ccc(C)cc1. The van der Waals surface area contributed by atoms with E-state index in [4.69, 9.17) is 24.3 Å². The fourth-order valence-corrected chi connectivity index (χ4v) is 3.78. The minimum Gasteiger partial charge on any atom is -0.476 e. The molecular formula is C28H37N3O4. The smallest absolute Gasteiger partial charge is 0.349 e. The fraction of sp³-hybridized carbons (Fsp3) is 0.464. The van der Waals surface area contributed by atoms with Gasteiger partial charge in [0, 0.05) is 19.4 Å². The Balaban J connectivity index is 1.58. The molecule has 0 saturated heterocycles. The molecule has 0 saturated carbocycles. The van der Waals surface area contributed by atoms with Gasteiger partial charge in [0.05, 0.1) is 20.3 Å². The lowest BCUT2D eigenvalue weighted by atomic mass is 10.1. The van der Waals surface area contributed by atoms with Gasteiger partial charge in [0.1, 0.15) is 11.6 Å². The molecule has 2 aromatic carbocycles. The van der Waals surface area contributed by atoms with Crippen molar-refractivity contribution in [2.45, 2.75) is 65.5 Å². The van der Waals surface area contributed by atoms with Gasteiger partial charge in [-0.1, -0.05) is 42.0 Å². The van der Waals surface area contributed by atoms with E-state index >= 15 is 0 Å². The molecule has 0 spiro atoms. The summed E-state index contributed by atoms with van der Waals surface area (Å²) in [6, 6.07) is 16.4. The van der Waals surface area contributed by atoms with Crippen LogP contribution in [0, 0.1) is 6.92 Å². The maximum absolute atomic E-state index is 11.8. The maximum Gasteiger partial charge on any atom is 0.349 e. The molecule has 0 N–H and O–H groups in total. The van der Waals surface area contributed by atoms with Crippen molar-refractivity contribution < 1.29 is 19.0 Å². The van der Waals surface area contributed by atoms with Gasteiger partial charge in [-0.3, -0.25) is 0 Å². The lowest BCUT2D eigenvalue weighted by molar-refractivity contribution is -0.156. The Morgan fingerprint density at radius 3 is 2.34 bits per heavy atom. The lowest BCUT2D eigenvalue weighted by Crippen LogP contribution is -2.39. The Kier molecular flexibility index (Phi) is 9.43. The molecule has 188 valence electrons. The van der Waals surface area contributed by atoms with E-state index in [2.05, 4.69) is 31.2 Å². The molecule has 0 aliphatic rings. The minimum atomic E-state index is -1.03. The van der Waals surface area contributed by atoms with E-state index in [0.29, 0.717) is 25.5 Å². The molecule has 0 unspecified atom stereocenters. The number of hydrogen-bond acceptors (Lipinski definition) is 6. The number of hydrogen-bond donors (Lipinski definition) is 0. The minimum absolute atomic E-state index is 0.406. The van der Waals surface area contributed by atoms with E-state index in [1.54, 1.807) is 13.8 Å². The van der Waals surface area contributed by atoms with Crippen LogP contribution in [0.15, 0.2) is 48.5 Å². The van der Waals surface area contributed by atoms with Gasteiger partial charge in [-0.25, -0.2) is 14.5 Å². The Labute approximate surface area is 208 Å². The van der Waals surface area contributed by atoms with Crippen LogP contribution >= 0.6 is 0 Å². The summed E-state index contributed by atoms with van der Waals surface area (Å²) < 4.78 is 18.1. The van der Waals surface area contributed by atoms with Crippen molar-refractivity contribution in [3.63, 3.8) is 0 Å². The summed E-state index contributed by atoms with van der Waals surface area (Å²) in [5.41, 5.74) is 2.65. The molecule has 0 amide bonds. The molecule has 3 rings (SSSR count). The highest BCUT2D eigenvalue weighted by Crippen LogP contribution is 2.21. The van der Waals surface area contributed by atoms with Gasteiger partial charge in [-0.15, -0.1) is 0 Å². The number of nitrogens with zero attached hydrogens (tertiary/aromatic N) is 3. The molecule has 0 bridgehead atoms. The number of aromatic nitrogens is 3. The standard InChI is InChI=1S/C28H37N3O4/c1-6-34-19-18-31-26(20-23-12-10-21(2)11-13-23)29-25(30-31)9-7-8-22-14-16-24(17-15-22)35-28(3,4)27(32)33-5/h10-17H,6-9,18-20H2,1-5H3. The number of methoxy groups -OCH3 is 1. The van der Waals surface area contributed by atoms with Crippen molar-refractivity contribution in [2.24, 2.45) is 0 Å². The third-order valence-corrected chi connectivity index (χ3v) is 5.77. The van der Waals surface area contributed by atoms with E-state index in [9.17, 15) is 4.79 Å². The second kappa shape index (κ2) is 12.5. The summed E-state index contributed by atoms with van der Waals surface area (Å²) in [6.45, 7) is 9.50. The highest BCUT2D eigenvalue weighted by molar-refractivity contribution is 5.78. The summed E-state index contributed by atoms with van der Waals surface area (Å²) in [5, 5.41) is 4.77. The van der Waals surface area contributed by atoms with Crippen LogP contribution in [-0.4, -0.2) is 46.7 Å². The number of benzene rings is 2. The number of ether oxygens (including phenoxy) is 3. The van der Waals surface area contributed by atoms with Crippen molar-refractivity contribution in [2.75, 3.05) is 20.3 Å². The monoisotopic (exact) mass is 479 g/mol. The molecule has 0 aliphatic carbocycles. The van der Waals surface area contributed by atoms with Crippen molar-refractivity contribution in [1.29, 1.82) is 0 Å². The molecular weight excluding hydrogens is 442 g/mol. The number of rotatable bonds is 13. The predicted molar refractivity (Wildman–Crippen MR) is 136 cm³/mol. The summed E-state index contributed by atoms with van der Waals surface area (Å²) >= 11 is 0. The van der Waals surface area contributed by atoms with Gasteiger partial charge >= 0.3 is 5.97 Å². The predicted octanol–water partition coefficient (Wildman–Crippen LogP) is 4.72. The third kappa shape index (κ3) is 7.92. The third-order valence-electron chi connectivity index (χ3n) is 5.77. The number of esters is 1. The van der Waals surface area contributed by atoms with Crippen molar-refractivity contribution in [3.05, 3.63) is 76.9 Å². The van der Waals surface area contributed by atoms with E-state index in [1.165, 1.54) is 23.8 Å². The first kappa shape index (κ1) is 26.4. The van der Waals surface area contributed by atoms with Gasteiger partial charge in [-0.2, -0.15) is 5.10 Å². The van der Waals surface area contributed by atoms with Crippen molar-refractivity contribution >= 4 is 5.97 Å². The van der Waals surface area contributed by atoms with Crippen LogP contribution in [0.2, 0.25) is 0 Å². The highest BCUT2D eigenvalue weighted by Gasteiger charge is 2.30. The number of carbonyl (C=O) groups excluding carboxylic acids is 1. The molecule has 0 aliphatic heterocycles. The molecule has 3 aromatic rings. The van der Waals surface area contributed by atoms with Crippen LogP contribution in [0.1, 0.15) is 55.5 Å². The molecule has 1 aromatic heterocycles. The quantitative estimate of drug-likeness (QED) is 0.261. The maximum atomic E-state index is 11.8. The molecule has 0 fully saturated rings. The van der Waals surface area contributed by atoms with E-state index in [1.807, 2.05) is 35.9 Å². The Morgan fingerprint density at radius 1 is 1.00 bits per heavy atom. The van der Waals surface area contributed by atoms with Crippen molar-refractivity contribution in [3.8, 4) is 5.75 Å². The van der Waals surface area contributed by atoms with Crippen LogP contribution in [0.5, 0.6) is 5.75 Å². The molecule has 35 heavy (non-hydrogen) atoms. The van der Waals surface area contributed by atoms with Crippen LogP contribution in [0.3, 0.4) is 0 Å². The van der Waals surface area contributed by atoms with Crippen LogP contribution in [0.25, 0.3) is 0 Å². The summed E-state index contributed by atoms with van der Waals surface area (Å²) in [6.07, 6.45) is 3.40. The largest absolute Gasteiger partial charge is 0.476 e. The zero-order chi connectivity index (χ0) is 25.3. The number of carbonyl (C=O) groups is 1. The average Bonchev–Trinajstić information content (AvgIpc) is 3.22. The lowest BCUT2D eigenvalue weighted by Gasteiger charge is -2.23. The van der Waals surface area contributed by atoms with Gasteiger partial charge < -0.3 is 14.2 Å². The van der Waals surface area contributed by atoms with Crippen LogP contribution in [0.4, 0.5) is 0 Å². The molecule has 7 heteroatoms. The topological polar surface area (TPSA) is 75.5 Å². The zero-order valence-corrected chi connectivity index (χ0v) is 21.5. The van der Waals surface area contributed by atoms with Crippen LogP contribution < -0.4 is 4.74 Å². The molecule has 0 radical (unpaired) electrons. The number of aryl methyl sites for hydroxylation is 3. The zero-order valence-electron chi connectivity index (χ0n) is 21.5. The second-order valence-electron chi connectivity index (χ2n) is 9.13. The van der Waals surface area contributed by atoms with Gasteiger partial charge in [-0.05, 0) is 63.8 Å². The summed E-state index contributed by atoms with van der Waals surface area (Å²) in [7, 11) is 1.36. The molecule has 0 atom stereocenters. The Morgan fingerprint density at radius 2 is 1.69 bits per heavy atom. The second-order valence-corrected chi connectivity index (χ2v) is 9.13. The van der Waals surface area contributed by atoms with Gasteiger partial charge in [0.15, 0.2) is 11.4 Å². The normalized spacial score (nSPS) is 11.5. The van der Waals surface area contributed by atoms with Gasteiger partial charge in [0.25, 0.3) is 0 Å². The first-order chi connectivity index (χ1) is 16.8. The van der Waals surface area contributed by atoms with Crippen LogP contribution in [-0.2, 0) is 40.1 Å². The molecule has 7 nitrogen and oxygen atoms in total. The Bertz CT molecular complexity index is 1070. The van der Waals surface area contributed by atoms with E-state index in [-0.39, 0.29) is 0 Å². The molecule has 1 heterocycles. The average molecular weight is 480 g/mol. The summed E-state index contributed by atoms with van der Waals surface area (Å²) in [5.74, 6) is 2.07. The fourth-order valence-electron chi connectivity index (χ4n) is 3.78. The van der Waals surface area contributed by atoms with Crippen molar-refractivity contribution in [1.82, 2.24) is 14.8 Å². The van der Waals surface area contributed by atoms with E-state index < -0.39 is 11.6 Å². The summed E-state index contributed by atoms with van der Waals surface area (Å²) in [4.78, 5) is 16.7. The van der Waals surface area contributed by atoms with E-state index in [0.717, 1.165) is 37.3 Å². The van der Waals surface area contributed by atoms with Gasteiger partial charge in [0.2, 0.25) is 0 Å². The highest BCUT2D eigenvalue weighted by atomic mass is 16.6. The Hall–Kier alpha value is -3.19. The first-order valence-corrected chi connectivity index (χ1v) is 12.2.